The SMILES string of the molecule is O=C(O)C12CC3C[C@H](C1)C(NC(=O)C1(N4CCN(c5ccc(C(F)(F)F)cn5)CC4)CC1)[C@@H](C3)C2. The lowest BCUT2D eigenvalue weighted by atomic mass is 9.48. The minimum Gasteiger partial charge on any atom is -0.481 e. The van der Waals surface area contributed by atoms with Crippen molar-refractivity contribution in [1.82, 2.24) is 15.2 Å². The zero-order valence-corrected chi connectivity index (χ0v) is 19.6. The molecule has 2 N–H and O–H groups in total. The van der Waals surface area contributed by atoms with Crippen molar-refractivity contribution < 1.29 is 27.9 Å². The number of aliphatic carboxylic acids is 1. The third kappa shape index (κ3) is 3.79. The van der Waals surface area contributed by atoms with Gasteiger partial charge in [0.25, 0.3) is 0 Å². The van der Waals surface area contributed by atoms with E-state index >= 15 is 0 Å². The lowest BCUT2D eigenvalue weighted by Gasteiger charge is -2.58. The minimum absolute atomic E-state index is 0.0699. The van der Waals surface area contributed by atoms with Crippen molar-refractivity contribution in [2.45, 2.75) is 62.7 Å². The summed E-state index contributed by atoms with van der Waals surface area (Å²) >= 11 is 0. The molecule has 5 saturated carbocycles. The maximum atomic E-state index is 13.5. The quantitative estimate of drug-likeness (QED) is 0.657. The number of piperazine rings is 1. The van der Waals surface area contributed by atoms with Gasteiger partial charge in [0.05, 0.1) is 11.0 Å². The number of anilines is 1. The number of carbonyl (C=O) groups excluding carboxylic acids is 1. The molecule has 1 amide bonds. The summed E-state index contributed by atoms with van der Waals surface area (Å²) in [7, 11) is 0. The Balaban J connectivity index is 1.08. The molecular weight excluding hydrogens is 461 g/mol. The van der Waals surface area contributed by atoms with Crippen LogP contribution in [0.2, 0.25) is 0 Å². The van der Waals surface area contributed by atoms with Crippen LogP contribution in [-0.2, 0) is 15.8 Å². The first-order valence-electron chi connectivity index (χ1n) is 12.7. The van der Waals surface area contributed by atoms with Crippen LogP contribution < -0.4 is 10.2 Å². The molecule has 6 aliphatic rings. The van der Waals surface area contributed by atoms with Gasteiger partial charge in [0.2, 0.25) is 5.91 Å². The van der Waals surface area contributed by atoms with Gasteiger partial charge in [-0.25, -0.2) is 4.98 Å². The molecule has 5 aliphatic carbocycles. The van der Waals surface area contributed by atoms with Gasteiger partial charge in [-0.15, -0.1) is 0 Å². The normalized spacial score (nSPS) is 35.7. The molecule has 0 spiro atoms. The van der Waals surface area contributed by atoms with E-state index in [4.69, 9.17) is 0 Å². The Morgan fingerprint density at radius 1 is 1.03 bits per heavy atom. The molecule has 1 aromatic heterocycles. The molecule has 1 saturated heterocycles. The molecule has 6 fully saturated rings. The van der Waals surface area contributed by atoms with Crippen molar-refractivity contribution in [3.05, 3.63) is 23.9 Å². The average Bonchev–Trinajstić information content (AvgIpc) is 3.63. The highest BCUT2D eigenvalue weighted by Gasteiger charge is 2.61. The van der Waals surface area contributed by atoms with E-state index in [9.17, 15) is 27.9 Å². The lowest BCUT2D eigenvalue weighted by molar-refractivity contribution is -0.168. The Labute approximate surface area is 202 Å². The molecule has 190 valence electrons. The fraction of sp³-hybridized carbons (Fsp3) is 0.720. The Bertz CT molecular complexity index is 1000. The van der Waals surface area contributed by atoms with Gasteiger partial charge in [-0.1, -0.05) is 0 Å². The number of carboxylic acids is 1. The number of nitrogens with one attached hydrogen (secondary N) is 1. The van der Waals surface area contributed by atoms with Crippen molar-refractivity contribution >= 4 is 17.7 Å². The van der Waals surface area contributed by atoms with Crippen LogP contribution in [0.15, 0.2) is 18.3 Å². The third-order valence-electron chi connectivity index (χ3n) is 9.46. The predicted octanol–water partition coefficient (Wildman–Crippen LogP) is 3.15. The standard InChI is InChI=1S/C25H31F3N4O3/c26-25(27,28)18-1-2-19(29-14-18)31-5-7-32(8-6-31)24(3-4-24)21(33)30-20-16-9-15-10-17(20)13-23(11-15,12-16)22(34)35/h1-2,14-17,20H,3-13H2,(H,30,33)(H,34,35)/t15?,16-,17+,20?,23?. The van der Waals surface area contributed by atoms with E-state index in [2.05, 4.69) is 15.2 Å². The molecule has 1 aromatic rings. The van der Waals surface area contributed by atoms with Crippen LogP contribution in [0.25, 0.3) is 0 Å². The number of hydrogen-bond donors (Lipinski definition) is 2. The van der Waals surface area contributed by atoms with Crippen molar-refractivity contribution in [2.75, 3.05) is 31.1 Å². The second-order valence-corrected chi connectivity index (χ2v) is 11.5. The summed E-state index contributed by atoms with van der Waals surface area (Å²) in [6.07, 6.45) is 2.25. The van der Waals surface area contributed by atoms with E-state index in [0.29, 0.717) is 50.8 Å². The lowest BCUT2D eigenvalue weighted by Crippen LogP contribution is -2.64. The van der Waals surface area contributed by atoms with E-state index in [1.807, 2.05) is 4.90 Å². The molecule has 7 rings (SSSR count). The Kier molecular flexibility index (Phi) is 5.15. The zero-order valence-electron chi connectivity index (χ0n) is 19.6. The first kappa shape index (κ1) is 23.1. The van der Waals surface area contributed by atoms with Crippen molar-refractivity contribution in [3.63, 3.8) is 0 Å². The fourth-order valence-corrected chi connectivity index (χ4v) is 7.72. The van der Waals surface area contributed by atoms with Crippen LogP contribution in [0.3, 0.4) is 0 Å². The number of nitrogens with zero attached hydrogens (tertiary/aromatic N) is 3. The molecule has 4 bridgehead atoms. The summed E-state index contributed by atoms with van der Waals surface area (Å²) in [5.41, 5.74) is -1.84. The first-order chi connectivity index (χ1) is 16.6. The topological polar surface area (TPSA) is 85.8 Å². The van der Waals surface area contributed by atoms with Crippen LogP contribution in [0.4, 0.5) is 19.0 Å². The fourth-order valence-electron chi connectivity index (χ4n) is 7.72. The smallest absolute Gasteiger partial charge is 0.417 e. The van der Waals surface area contributed by atoms with Crippen LogP contribution in [0.5, 0.6) is 0 Å². The van der Waals surface area contributed by atoms with Crippen molar-refractivity contribution in [2.24, 2.45) is 23.2 Å². The molecule has 1 aliphatic heterocycles. The minimum atomic E-state index is -4.40. The summed E-state index contributed by atoms with van der Waals surface area (Å²) < 4.78 is 38.5. The number of hydrogen-bond acceptors (Lipinski definition) is 5. The number of amides is 1. The van der Waals surface area contributed by atoms with Crippen LogP contribution >= 0.6 is 0 Å². The molecular formula is C25H31F3N4O3. The highest BCUT2D eigenvalue weighted by atomic mass is 19.4. The van der Waals surface area contributed by atoms with Gasteiger partial charge in [-0.05, 0) is 74.8 Å². The monoisotopic (exact) mass is 492 g/mol. The van der Waals surface area contributed by atoms with Gasteiger partial charge >= 0.3 is 12.1 Å². The summed E-state index contributed by atoms with van der Waals surface area (Å²) in [6, 6.07) is 2.54. The second kappa shape index (κ2) is 7.82. The predicted molar refractivity (Wildman–Crippen MR) is 121 cm³/mol. The third-order valence-corrected chi connectivity index (χ3v) is 9.46. The molecule has 5 atom stereocenters. The summed E-state index contributed by atoms with van der Waals surface area (Å²) in [6.45, 7) is 2.51. The molecule has 0 aromatic carbocycles. The van der Waals surface area contributed by atoms with Crippen molar-refractivity contribution in [3.8, 4) is 0 Å². The van der Waals surface area contributed by atoms with Gasteiger partial charge < -0.3 is 15.3 Å². The molecule has 0 radical (unpaired) electrons. The van der Waals surface area contributed by atoms with Crippen LogP contribution in [-0.4, -0.2) is 64.6 Å². The number of halogens is 3. The van der Waals surface area contributed by atoms with E-state index < -0.39 is 28.7 Å². The van der Waals surface area contributed by atoms with Gasteiger partial charge in [0.15, 0.2) is 0 Å². The number of rotatable bonds is 5. The highest BCUT2D eigenvalue weighted by Crippen LogP contribution is 2.60. The Hall–Kier alpha value is -2.36. The Morgan fingerprint density at radius 2 is 1.69 bits per heavy atom. The largest absolute Gasteiger partial charge is 0.481 e. The maximum Gasteiger partial charge on any atom is 0.417 e. The van der Waals surface area contributed by atoms with Crippen molar-refractivity contribution in [1.29, 1.82) is 0 Å². The number of carboxylic acid groups (broad SMARTS) is 1. The van der Waals surface area contributed by atoms with Gasteiger partial charge in [0, 0.05) is 38.4 Å². The number of alkyl halides is 3. The molecule has 35 heavy (non-hydrogen) atoms. The van der Waals surface area contributed by atoms with E-state index in [1.165, 1.54) is 6.07 Å². The number of carbonyl (C=O) groups is 2. The van der Waals surface area contributed by atoms with E-state index in [1.54, 1.807) is 0 Å². The highest BCUT2D eigenvalue weighted by molar-refractivity contribution is 5.89. The number of pyridine rings is 1. The first-order valence-corrected chi connectivity index (χ1v) is 12.7. The average molecular weight is 493 g/mol. The number of aromatic nitrogens is 1. The molecule has 3 unspecified atom stereocenters. The summed E-state index contributed by atoms with van der Waals surface area (Å²) in [5.74, 6) is 0.895. The summed E-state index contributed by atoms with van der Waals surface area (Å²) in [5, 5.41) is 13.2. The summed E-state index contributed by atoms with van der Waals surface area (Å²) in [4.78, 5) is 33.7. The van der Waals surface area contributed by atoms with E-state index in [0.717, 1.165) is 44.4 Å². The van der Waals surface area contributed by atoms with E-state index in [-0.39, 0.29) is 23.8 Å². The van der Waals surface area contributed by atoms with Gasteiger partial charge in [-0.3, -0.25) is 14.5 Å². The molecule has 7 nitrogen and oxygen atoms in total. The molecule has 10 heteroatoms. The van der Waals surface area contributed by atoms with Crippen LogP contribution in [0.1, 0.15) is 50.5 Å². The van der Waals surface area contributed by atoms with Crippen LogP contribution in [0, 0.1) is 23.2 Å². The Morgan fingerprint density at radius 3 is 2.20 bits per heavy atom. The zero-order chi connectivity index (χ0) is 24.6. The van der Waals surface area contributed by atoms with Gasteiger partial charge in [-0.2, -0.15) is 13.2 Å². The molecule has 2 heterocycles. The maximum absolute atomic E-state index is 13.5. The second-order valence-electron chi connectivity index (χ2n) is 11.5. The van der Waals surface area contributed by atoms with Gasteiger partial charge in [0.1, 0.15) is 11.4 Å².